The first kappa shape index (κ1) is 14.3. The molecule has 1 aliphatic rings. The summed E-state index contributed by atoms with van der Waals surface area (Å²) in [4.78, 5) is 24.9. The third-order valence-electron chi connectivity index (χ3n) is 3.79. The molecule has 0 spiro atoms. The van der Waals surface area contributed by atoms with E-state index >= 15 is 0 Å². The molecule has 2 unspecified atom stereocenters. The smallest absolute Gasteiger partial charge is 0.221 e. The maximum atomic E-state index is 12.5. The second kappa shape index (κ2) is 5.27. The Morgan fingerprint density at radius 1 is 1.05 bits per heavy atom. The van der Waals surface area contributed by atoms with Gasteiger partial charge in [-0.1, -0.05) is 29.8 Å². The van der Waals surface area contributed by atoms with Gasteiger partial charge in [-0.15, -0.1) is 0 Å². The molecule has 22 heavy (non-hydrogen) atoms. The Morgan fingerprint density at radius 2 is 1.73 bits per heavy atom. The van der Waals surface area contributed by atoms with Gasteiger partial charge in [-0.05, 0) is 25.1 Å². The quantitative estimate of drug-likeness (QED) is 0.650. The number of carbonyl (C=O) groups excluding carboxylic acids is 2. The van der Waals surface area contributed by atoms with E-state index in [9.17, 15) is 9.59 Å². The Morgan fingerprint density at radius 3 is 2.41 bits per heavy atom. The number of benzene rings is 2. The average Bonchev–Trinajstić information content (AvgIpc) is 2.51. The monoisotopic (exact) mass is 296 g/mol. The number of anilines is 1. The second-order valence-corrected chi connectivity index (χ2v) is 5.36. The first-order valence-corrected chi connectivity index (χ1v) is 6.94. The molecule has 3 rings (SSSR count). The highest BCUT2D eigenvalue weighted by molar-refractivity contribution is 6.20. The molecule has 2 aromatic rings. The minimum Gasteiger partial charge on any atom is -0.474 e. The van der Waals surface area contributed by atoms with Crippen LogP contribution in [0.5, 0.6) is 5.75 Å². The Kier molecular flexibility index (Phi) is 3.42. The molecule has 0 heterocycles. The van der Waals surface area contributed by atoms with Crippen LogP contribution in [0.2, 0.25) is 0 Å². The molecule has 5 nitrogen and oxygen atoms in total. The maximum Gasteiger partial charge on any atom is 0.221 e. The van der Waals surface area contributed by atoms with Crippen LogP contribution in [-0.4, -0.2) is 17.7 Å². The zero-order valence-corrected chi connectivity index (χ0v) is 12.1. The largest absolute Gasteiger partial charge is 0.474 e. The zero-order chi connectivity index (χ0) is 15.9. The lowest BCUT2D eigenvalue weighted by atomic mass is 9.83. The molecule has 0 fully saturated rings. The van der Waals surface area contributed by atoms with Crippen LogP contribution >= 0.6 is 0 Å². The number of nitrogens with two attached hydrogens (primary N) is 2. The Balaban J connectivity index is 1.98. The van der Waals surface area contributed by atoms with Gasteiger partial charge < -0.3 is 16.2 Å². The van der Waals surface area contributed by atoms with E-state index in [4.69, 9.17) is 16.2 Å². The zero-order valence-electron chi connectivity index (χ0n) is 12.1. The Bertz CT molecular complexity index is 753. The van der Waals surface area contributed by atoms with E-state index in [2.05, 4.69) is 0 Å². The number of carbonyl (C=O) groups is 2. The van der Waals surface area contributed by atoms with E-state index in [1.165, 1.54) is 0 Å². The van der Waals surface area contributed by atoms with Crippen LogP contribution in [0.4, 0.5) is 5.69 Å². The Labute approximate surface area is 127 Å². The second-order valence-electron chi connectivity index (χ2n) is 5.36. The number of rotatable bonds is 2. The van der Waals surface area contributed by atoms with Gasteiger partial charge in [0.2, 0.25) is 17.7 Å². The fourth-order valence-electron chi connectivity index (χ4n) is 2.59. The summed E-state index contributed by atoms with van der Waals surface area (Å²) >= 11 is 0. The SMILES string of the molecule is Cc1ccc(OC2C(=O)c3cccc(N)c3C(N)C2=O)cc1. The number of hydrogen-bond acceptors (Lipinski definition) is 5. The van der Waals surface area contributed by atoms with Gasteiger partial charge in [0, 0.05) is 16.8 Å². The summed E-state index contributed by atoms with van der Waals surface area (Å²) in [7, 11) is 0. The van der Waals surface area contributed by atoms with E-state index in [0.29, 0.717) is 22.6 Å². The maximum absolute atomic E-state index is 12.5. The van der Waals surface area contributed by atoms with Crippen molar-refractivity contribution in [2.75, 3.05) is 5.73 Å². The molecule has 112 valence electrons. The van der Waals surface area contributed by atoms with E-state index in [1.54, 1.807) is 30.3 Å². The van der Waals surface area contributed by atoms with Crippen molar-refractivity contribution in [1.29, 1.82) is 0 Å². The van der Waals surface area contributed by atoms with Gasteiger partial charge in [-0.3, -0.25) is 9.59 Å². The van der Waals surface area contributed by atoms with Gasteiger partial charge in [0.25, 0.3) is 0 Å². The summed E-state index contributed by atoms with van der Waals surface area (Å²) in [5, 5.41) is 0. The number of fused-ring (bicyclic) bond motifs is 1. The standard InChI is InChI=1S/C17H16N2O3/c1-9-5-7-10(8-6-9)22-17-15(20)11-3-2-4-12(18)13(11)14(19)16(17)21/h2-8,14,17H,18-19H2,1H3. The van der Waals surface area contributed by atoms with Crippen LogP contribution in [0.1, 0.15) is 27.5 Å². The lowest BCUT2D eigenvalue weighted by Crippen LogP contribution is -2.46. The van der Waals surface area contributed by atoms with Crippen molar-refractivity contribution in [2.24, 2.45) is 5.73 Å². The van der Waals surface area contributed by atoms with Gasteiger partial charge >= 0.3 is 0 Å². The number of hydrogen-bond donors (Lipinski definition) is 2. The number of nitrogen functional groups attached to an aromatic ring is 1. The van der Waals surface area contributed by atoms with Gasteiger partial charge in [-0.2, -0.15) is 0 Å². The molecule has 0 saturated heterocycles. The molecule has 0 radical (unpaired) electrons. The third-order valence-corrected chi connectivity index (χ3v) is 3.79. The van der Waals surface area contributed by atoms with Crippen molar-refractivity contribution in [3.63, 3.8) is 0 Å². The molecule has 1 aliphatic carbocycles. The van der Waals surface area contributed by atoms with Crippen LogP contribution in [-0.2, 0) is 4.79 Å². The first-order chi connectivity index (χ1) is 10.5. The number of ether oxygens (including phenoxy) is 1. The molecule has 0 aliphatic heterocycles. The molecular weight excluding hydrogens is 280 g/mol. The third kappa shape index (κ3) is 2.25. The molecule has 2 atom stereocenters. The molecular formula is C17H16N2O3. The topological polar surface area (TPSA) is 95.4 Å². The number of Topliss-reactive ketones (excluding diaryl/α,β-unsaturated/α-hetero) is 2. The molecule has 0 saturated carbocycles. The van der Waals surface area contributed by atoms with Gasteiger partial charge in [0.1, 0.15) is 5.75 Å². The molecule has 0 bridgehead atoms. The highest BCUT2D eigenvalue weighted by atomic mass is 16.5. The van der Waals surface area contributed by atoms with Gasteiger partial charge in [0.15, 0.2) is 0 Å². The summed E-state index contributed by atoms with van der Waals surface area (Å²) in [5.74, 6) is -0.428. The minimum atomic E-state index is -1.23. The van der Waals surface area contributed by atoms with Crippen molar-refractivity contribution < 1.29 is 14.3 Å². The van der Waals surface area contributed by atoms with Crippen molar-refractivity contribution in [1.82, 2.24) is 0 Å². The summed E-state index contributed by atoms with van der Waals surface area (Å²) < 4.78 is 5.58. The average molecular weight is 296 g/mol. The van der Waals surface area contributed by atoms with Gasteiger partial charge in [-0.25, -0.2) is 0 Å². The normalized spacial score (nSPS) is 20.6. The Hall–Kier alpha value is -2.66. The number of aryl methyl sites for hydroxylation is 1. The summed E-state index contributed by atoms with van der Waals surface area (Å²) in [6.45, 7) is 1.94. The van der Waals surface area contributed by atoms with Gasteiger partial charge in [0.05, 0.1) is 6.04 Å². The highest BCUT2D eigenvalue weighted by Crippen LogP contribution is 2.32. The van der Waals surface area contributed by atoms with E-state index in [0.717, 1.165) is 5.56 Å². The fourth-order valence-corrected chi connectivity index (χ4v) is 2.59. The van der Waals surface area contributed by atoms with E-state index in [1.807, 2.05) is 19.1 Å². The van der Waals surface area contributed by atoms with Crippen LogP contribution in [0.3, 0.4) is 0 Å². The summed E-state index contributed by atoms with van der Waals surface area (Å²) in [6, 6.07) is 11.1. The fraction of sp³-hybridized carbons (Fsp3) is 0.176. The van der Waals surface area contributed by atoms with Crippen LogP contribution in [0.25, 0.3) is 0 Å². The predicted octanol–water partition coefficient (Wildman–Crippen LogP) is 1.79. The minimum absolute atomic E-state index is 0.348. The van der Waals surface area contributed by atoms with Crippen molar-refractivity contribution in [3.05, 3.63) is 59.2 Å². The lowest BCUT2D eigenvalue weighted by Gasteiger charge is -2.28. The number of ketones is 2. The molecule has 5 heteroatoms. The van der Waals surface area contributed by atoms with E-state index < -0.39 is 23.7 Å². The van der Waals surface area contributed by atoms with Crippen LogP contribution < -0.4 is 16.2 Å². The summed E-state index contributed by atoms with van der Waals surface area (Å²) in [6.07, 6.45) is -1.23. The van der Waals surface area contributed by atoms with E-state index in [-0.39, 0.29) is 0 Å². The lowest BCUT2D eigenvalue weighted by molar-refractivity contribution is -0.125. The highest BCUT2D eigenvalue weighted by Gasteiger charge is 2.42. The van der Waals surface area contributed by atoms with Crippen molar-refractivity contribution >= 4 is 17.3 Å². The van der Waals surface area contributed by atoms with Crippen molar-refractivity contribution in [3.8, 4) is 5.75 Å². The van der Waals surface area contributed by atoms with Crippen LogP contribution in [0.15, 0.2) is 42.5 Å². The predicted molar refractivity (Wildman–Crippen MR) is 82.7 cm³/mol. The molecule has 0 aromatic heterocycles. The molecule has 2 aromatic carbocycles. The first-order valence-electron chi connectivity index (χ1n) is 6.94. The molecule has 0 amide bonds. The molecule has 4 N–H and O–H groups in total. The van der Waals surface area contributed by atoms with Crippen LogP contribution in [0, 0.1) is 6.92 Å². The summed E-state index contributed by atoms with van der Waals surface area (Å²) in [5.41, 5.74) is 14.0. The van der Waals surface area contributed by atoms with Crippen molar-refractivity contribution in [2.45, 2.75) is 19.1 Å².